The van der Waals surface area contributed by atoms with Gasteiger partial charge in [0.2, 0.25) is 0 Å². The molecule has 1 aromatic carbocycles. The first-order valence-electron chi connectivity index (χ1n) is 4.66. The van der Waals surface area contributed by atoms with Crippen LogP contribution < -0.4 is 5.73 Å². The molecule has 0 radical (unpaired) electrons. The van der Waals surface area contributed by atoms with Gasteiger partial charge in [-0.3, -0.25) is 0 Å². The summed E-state index contributed by atoms with van der Waals surface area (Å²) in [6.07, 6.45) is 3.71. The van der Waals surface area contributed by atoms with E-state index >= 15 is 0 Å². The van der Waals surface area contributed by atoms with Crippen LogP contribution in [0.1, 0.15) is 18.4 Å². The van der Waals surface area contributed by atoms with Gasteiger partial charge in [-0.1, -0.05) is 30.3 Å². The smallest absolute Gasteiger partial charge is 0.00710 e. The molecule has 1 fully saturated rings. The quantitative estimate of drug-likeness (QED) is 0.720. The van der Waals surface area contributed by atoms with Crippen LogP contribution in [0.15, 0.2) is 30.3 Å². The third-order valence-corrected chi connectivity index (χ3v) is 2.62. The van der Waals surface area contributed by atoms with Crippen molar-refractivity contribution in [3.63, 3.8) is 0 Å². The lowest BCUT2D eigenvalue weighted by molar-refractivity contribution is 0.699. The molecular weight excluding hydrogens is 146 g/mol. The Hall–Kier alpha value is -0.820. The molecule has 0 unspecified atom stereocenters. The predicted octanol–water partition coefficient (Wildman–Crippen LogP) is 1.97. The summed E-state index contributed by atoms with van der Waals surface area (Å²) in [6, 6.07) is 11.1. The first kappa shape index (κ1) is 7.81. The van der Waals surface area contributed by atoms with Crippen molar-refractivity contribution in [3.8, 4) is 0 Å². The van der Waals surface area contributed by atoms with Crippen LogP contribution in [0, 0.1) is 5.92 Å². The molecule has 1 nitrogen and oxygen atoms in total. The summed E-state index contributed by atoms with van der Waals surface area (Å²) in [4.78, 5) is 0. The zero-order valence-electron chi connectivity index (χ0n) is 7.24. The Morgan fingerprint density at radius 2 is 1.92 bits per heavy atom. The number of benzene rings is 1. The third kappa shape index (κ3) is 1.86. The van der Waals surface area contributed by atoms with Gasteiger partial charge in [0.05, 0.1) is 0 Å². The molecule has 0 amide bonds. The lowest BCUT2D eigenvalue weighted by Crippen LogP contribution is -2.02. The maximum atomic E-state index is 5.73. The average molecular weight is 161 g/mol. The Morgan fingerprint density at radius 3 is 2.50 bits per heavy atom. The van der Waals surface area contributed by atoms with Gasteiger partial charge < -0.3 is 5.73 Å². The van der Waals surface area contributed by atoms with Crippen LogP contribution in [0.4, 0.5) is 0 Å². The molecule has 1 aliphatic rings. The van der Waals surface area contributed by atoms with Gasteiger partial charge in [-0.25, -0.2) is 0 Å². The van der Waals surface area contributed by atoms with E-state index < -0.39 is 0 Å². The van der Waals surface area contributed by atoms with Crippen molar-refractivity contribution >= 4 is 0 Å². The molecule has 1 heteroatoms. The van der Waals surface area contributed by atoms with Gasteiger partial charge in [0.1, 0.15) is 0 Å². The van der Waals surface area contributed by atoms with E-state index in [2.05, 4.69) is 30.3 Å². The van der Waals surface area contributed by atoms with Crippen LogP contribution in [-0.2, 0) is 6.42 Å². The topological polar surface area (TPSA) is 26.0 Å². The second kappa shape index (κ2) is 3.28. The zero-order valence-corrected chi connectivity index (χ0v) is 7.24. The molecule has 2 rings (SSSR count). The van der Waals surface area contributed by atoms with Crippen molar-refractivity contribution in [2.45, 2.75) is 25.3 Å². The summed E-state index contributed by atoms with van der Waals surface area (Å²) in [6.45, 7) is 0. The van der Waals surface area contributed by atoms with Crippen LogP contribution in [0.3, 0.4) is 0 Å². The van der Waals surface area contributed by atoms with Crippen LogP contribution in [0.25, 0.3) is 0 Å². The molecule has 2 atom stereocenters. The number of hydrogen-bond acceptors (Lipinski definition) is 1. The van der Waals surface area contributed by atoms with Gasteiger partial charge in [0.15, 0.2) is 0 Å². The van der Waals surface area contributed by atoms with E-state index in [9.17, 15) is 0 Å². The minimum absolute atomic E-state index is 0.508. The van der Waals surface area contributed by atoms with Crippen molar-refractivity contribution in [3.05, 3.63) is 35.9 Å². The summed E-state index contributed by atoms with van der Waals surface area (Å²) in [5, 5.41) is 0. The minimum Gasteiger partial charge on any atom is -0.327 e. The second-order valence-corrected chi connectivity index (χ2v) is 3.68. The van der Waals surface area contributed by atoms with Crippen LogP contribution >= 0.6 is 0 Å². The van der Waals surface area contributed by atoms with Crippen molar-refractivity contribution < 1.29 is 0 Å². The predicted molar refractivity (Wildman–Crippen MR) is 50.8 cm³/mol. The molecule has 1 aliphatic carbocycles. The Labute approximate surface area is 73.6 Å². The van der Waals surface area contributed by atoms with Crippen molar-refractivity contribution in [2.75, 3.05) is 0 Å². The molecule has 0 bridgehead atoms. The van der Waals surface area contributed by atoms with E-state index in [-0.39, 0.29) is 0 Å². The number of nitrogens with two attached hydrogens (primary N) is 1. The number of aryl methyl sites for hydroxylation is 1. The van der Waals surface area contributed by atoms with E-state index in [1.165, 1.54) is 24.8 Å². The zero-order chi connectivity index (χ0) is 8.39. The Balaban J connectivity index is 1.80. The van der Waals surface area contributed by atoms with Crippen LogP contribution in [-0.4, -0.2) is 6.04 Å². The van der Waals surface area contributed by atoms with E-state index in [0.29, 0.717) is 6.04 Å². The summed E-state index contributed by atoms with van der Waals surface area (Å²) in [7, 11) is 0. The summed E-state index contributed by atoms with van der Waals surface area (Å²) in [5.41, 5.74) is 7.17. The molecule has 1 aromatic rings. The molecule has 0 spiro atoms. The maximum Gasteiger partial charge on any atom is 0.00710 e. The van der Waals surface area contributed by atoms with E-state index in [0.717, 1.165) is 5.92 Å². The highest BCUT2D eigenvalue weighted by Crippen LogP contribution is 2.32. The highest BCUT2D eigenvalue weighted by atomic mass is 14.7. The highest BCUT2D eigenvalue weighted by Gasteiger charge is 2.32. The fourth-order valence-electron chi connectivity index (χ4n) is 1.60. The highest BCUT2D eigenvalue weighted by molar-refractivity contribution is 5.15. The second-order valence-electron chi connectivity index (χ2n) is 3.68. The van der Waals surface area contributed by atoms with Gasteiger partial charge in [0.25, 0.3) is 0 Å². The van der Waals surface area contributed by atoms with Gasteiger partial charge in [-0.05, 0) is 30.7 Å². The SMILES string of the molecule is N[C@H]1C[C@@H]1CCc1ccccc1. The first-order chi connectivity index (χ1) is 5.86. The van der Waals surface area contributed by atoms with Gasteiger partial charge in [-0.15, -0.1) is 0 Å². The standard InChI is InChI=1S/C11H15N/c12-11-8-10(11)7-6-9-4-2-1-3-5-9/h1-5,10-11H,6-8,12H2/t10-,11-/m0/s1. The third-order valence-electron chi connectivity index (χ3n) is 2.62. The first-order valence-corrected chi connectivity index (χ1v) is 4.66. The van der Waals surface area contributed by atoms with E-state index in [1.54, 1.807) is 0 Å². The largest absolute Gasteiger partial charge is 0.327 e. The monoisotopic (exact) mass is 161 g/mol. The number of rotatable bonds is 3. The minimum atomic E-state index is 0.508. The molecule has 0 heterocycles. The lowest BCUT2D eigenvalue weighted by Gasteiger charge is -1.98. The molecule has 12 heavy (non-hydrogen) atoms. The maximum absolute atomic E-state index is 5.73. The normalized spacial score (nSPS) is 27.1. The lowest BCUT2D eigenvalue weighted by atomic mass is 10.1. The Kier molecular flexibility index (Phi) is 2.13. The number of hydrogen-bond donors (Lipinski definition) is 1. The Bertz CT molecular complexity index is 242. The Morgan fingerprint density at radius 1 is 1.25 bits per heavy atom. The van der Waals surface area contributed by atoms with Crippen molar-refractivity contribution in [1.29, 1.82) is 0 Å². The fraction of sp³-hybridized carbons (Fsp3) is 0.455. The average Bonchev–Trinajstić information content (AvgIpc) is 2.81. The molecule has 0 aliphatic heterocycles. The molecule has 1 saturated carbocycles. The van der Waals surface area contributed by atoms with Crippen LogP contribution in [0.5, 0.6) is 0 Å². The van der Waals surface area contributed by atoms with Crippen LogP contribution in [0.2, 0.25) is 0 Å². The molecule has 0 aromatic heterocycles. The molecular formula is C11H15N. The van der Waals surface area contributed by atoms with Gasteiger partial charge >= 0.3 is 0 Å². The van der Waals surface area contributed by atoms with Gasteiger partial charge in [-0.2, -0.15) is 0 Å². The van der Waals surface area contributed by atoms with Gasteiger partial charge in [0, 0.05) is 6.04 Å². The molecule has 64 valence electrons. The van der Waals surface area contributed by atoms with E-state index in [4.69, 9.17) is 5.73 Å². The van der Waals surface area contributed by atoms with Crippen molar-refractivity contribution in [2.24, 2.45) is 11.7 Å². The summed E-state index contributed by atoms with van der Waals surface area (Å²) < 4.78 is 0. The molecule has 2 N–H and O–H groups in total. The summed E-state index contributed by atoms with van der Waals surface area (Å²) in [5.74, 6) is 0.810. The van der Waals surface area contributed by atoms with E-state index in [1.807, 2.05) is 0 Å². The molecule has 0 saturated heterocycles. The summed E-state index contributed by atoms with van der Waals surface area (Å²) >= 11 is 0. The fourth-order valence-corrected chi connectivity index (χ4v) is 1.60. The van der Waals surface area contributed by atoms with Crippen molar-refractivity contribution in [1.82, 2.24) is 0 Å².